The van der Waals surface area contributed by atoms with Gasteiger partial charge >= 0.3 is 0 Å². The van der Waals surface area contributed by atoms with Crippen LogP contribution >= 0.6 is 31.9 Å². The summed E-state index contributed by atoms with van der Waals surface area (Å²) in [5, 5.41) is 10.2. The van der Waals surface area contributed by atoms with Crippen LogP contribution in [0.3, 0.4) is 0 Å². The lowest BCUT2D eigenvalue weighted by Gasteiger charge is -2.14. The maximum atomic E-state index is 13.9. The van der Waals surface area contributed by atoms with Crippen molar-refractivity contribution in [2.24, 2.45) is 0 Å². The standard InChI is InChI=1S/C13H8Br2F2O/c14-10-3-1-2-9(12(10)17)13(18)8-5-4-7(16)6-11(8)15/h1-6,13,18H. The van der Waals surface area contributed by atoms with E-state index in [0.29, 0.717) is 10.0 Å². The van der Waals surface area contributed by atoms with Gasteiger partial charge in [0.05, 0.1) is 4.47 Å². The predicted octanol–water partition coefficient (Wildman–Crippen LogP) is 4.57. The fourth-order valence-electron chi connectivity index (χ4n) is 1.62. The van der Waals surface area contributed by atoms with Gasteiger partial charge in [-0.2, -0.15) is 0 Å². The van der Waals surface area contributed by atoms with Gasteiger partial charge in [-0.3, -0.25) is 0 Å². The summed E-state index contributed by atoms with van der Waals surface area (Å²) >= 11 is 6.21. The normalized spacial score (nSPS) is 12.5. The topological polar surface area (TPSA) is 20.2 Å². The molecule has 0 aliphatic carbocycles. The van der Waals surface area contributed by atoms with E-state index in [1.807, 2.05) is 0 Å². The Balaban J connectivity index is 2.48. The summed E-state index contributed by atoms with van der Waals surface area (Å²) in [7, 11) is 0. The Morgan fingerprint density at radius 1 is 0.944 bits per heavy atom. The second-order valence-electron chi connectivity index (χ2n) is 3.71. The first kappa shape index (κ1) is 13.6. The molecule has 94 valence electrons. The molecule has 0 amide bonds. The Bertz CT molecular complexity index is 587. The number of rotatable bonds is 2. The smallest absolute Gasteiger partial charge is 0.143 e. The highest BCUT2D eigenvalue weighted by atomic mass is 79.9. The third-order valence-corrected chi connectivity index (χ3v) is 3.83. The van der Waals surface area contributed by atoms with Crippen LogP contribution in [0.15, 0.2) is 45.3 Å². The molecule has 1 nitrogen and oxygen atoms in total. The summed E-state index contributed by atoms with van der Waals surface area (Å²) in [5.74, 6) is -0.950. The zero-order chi connectivity index (χ0) is 13.3. The summed E-state index contributed by atoms with van der Waals surface area (Å²) < 4.78 is 27.5. The van der Waals surface area contributed by atoms with Gasteiger partial charge in [0, 0.05) is 10.0 Å². The average molecular weight is 378 g/mol. The van der Waals surface area contributed by atoms with Crippen molar-refractivity contribution < 1.29 is 13.9 Å². The van der Waals surface area contributed by atoms with Crippen LogP contribution in [-0.2, 0) is 0 Å². The summed E-state index contributed by atoms with van der Waals surface area (Å²) in [6, 6.07) is 8.53. The van der Waals surface area contributed by atoms with Crippen LogP contribution < -0.4 is 0 Å². The Labute approximate surface area is 120 Å². The molecule has 1 N–H and O–H groups in total. The molecule has 1 unspecified atom stereocenters. The minimum Gasteiger partial charge on any atom is -0.384 e. The van der Waals surface area contributed by atoms with Crippen molar-refractivity contribution in [3.63, 3.8) is 0 Å². The van der Waals surface area contributed by atoms with Crippen molar-refractivity contribution in [2.75, 3.05) is 0 Å². The number of halogens is 4. The minimum atomic E-state index is -1.16. The maximum absolute atomic E-state index is 13.9. The Kier molecular flexibility index (Phi) is 4.14. The molecule has 0 bridgehead atoms. The van der Waals surface area contributed by atoms with Gasteiger partial charge in [-0.1, -0.05) is 34.1 Å². The zero-order valence-corrected chi connectivity index (χ0v) is 12.2. The lowest BCUT2D eigenvalue weighted by atomic mass is 10.0. The molecular weight excluding hydrogens is 370 g/mol. The van der Waals surface area contributed by atoms with Gasteiger partial charge in [-0.25, -0.2) is 8.78 Å². The van der Waals surface area contributed by atoms with Crippen molar-refractivity contribution in [1.82, 2.24) is 0 Å². The van der Waals surface area contributed by atoms with Gasteiger partial charge in [0.1, 0.15) is 17.7 Å². The number of hydrogen-bond acceptors (Lipinski definition) is 1. The molecule has 2 aromatic rings. The van der Waals surface area contributed by atoms with E-state index >= 15 is 0 Å². The highest BCUT2D eigenvalue weighted by Gasteiger charge is 2.19. The summed E-state index contributed by atoms with van der Waals surface area (Å²) in [6.07, 6.45) is -1.16. The second-order valence-corrected chi connectivity index (χ2v) is 5.42. The zero-order valence-electron chi connectivity index (χ0n) is 9.00. The lowest BCUT2D eigenvalue weighted by molar-refractivity contribution is 0.214. The molecular formula is C13H8Br2F2O. The summed E-state index contributed by atoms with van der Waals surface area (Å²) in [6.45, 7) is 0. The molecule has 2 aromatic carbocycles. The van der Waals surface area contributed by atoms with Crippen molar-refractivity contribution in [1.29, 1.82) is 0 Å². The fraction of sp³-hybridized carbons (Fsp3) is 0.0769. The molecule has 0 aromatic heterocycles. The van der Waals surface area contributed by atoms with Crippen LogP contribution in [0, 0.1) is 11.6 Å². The van der Waals surface area contributed by atoms with Crippen molar-refractivity contribution >= 4 is 31.9 Å². The molecule has 0 heterocycles. The SMILES string of the molecule is OC(c1ccc(F)cc1Br)c1cccc(Br)c1F. The maximum Gasteiger partial charge on any atom is 0.143 e. The quantitative estimate of drug-likeness (QED) is 0.812. The van der Waals surface area contributed by atoms with Gasteiger partial charge < -0.3 is 5.11 Å². The fourth-order valence-corrected chi connectivity index (χ4v) is 2.57. The molecule has 0 saturated carbocycles. The Morgan fingerprint density at radius 3 is 2.33 bits per heavy atom. The van der Waals surface area contributed by atoms with E-state index in [4.69, 9.17) is 0 Å². The first-order valence-corrected chi connectivity index (χ1v) is 6.66. The molecule has 18 heavy (non-hydrogen) atoms. The third-order valence-electron chi connectivity index (χ3n) is 2.53. The van der Waals surface area contributed by atoms with Gasteiger partial charge in [-0.15, -0.1) is 0 Å². The van der Waals surface area contributed by atoms with Crippen LogP contribution in [0.5, 0.6) is 0 Å². The Hall–Kier alpha value is -0.780. The predicted molar refractivity (Wildman–Crippen MR) is 72.3 cm³/mol. The molecule has 0 saturated heterocycles. The molecule has 0 spiro atoms. The van der Waals surface area contributed by atoms with E-state index in [1.165, 1.54) is 24.3 Å². The van der Waals surface area contributed by atoms with E-state index < -0.39 is 17.7 Å². The van der Waals surface area contributed by atoms with Gasteiger partial charge in [0.15, 0.2) is 0 Å². The van der Waals surface area contributed by atoms with Gasteiger partial charge in [-0.05, 0) is 39.7 Å². The van der Waals surface area contributed by atoms with E-state index in [2.05, 4.69) is 31.9 Å². The Morgan fingerprint density at radius 2 is 1.67 bits per heavy atom. The van der Waals surface area contributed by atoms with Crippen molar-refractivity contribution in [2.45, 2.75) is 6.10 Å². The molecule has 0 aliphatic rings. The number of aliphatic hydroxyl groups is 1. The van der Waals surface area contributed by atoms with E-state index in [0.717, 1.165) is 0 Å². The summed E-state index contributed by atoms with van der Waals surface area (Å²) in [5.41, 5.74) is 0.546. The number of aliphatic hydroxyl groups excluding tert-OH is 1. The number of hydrogen-bond donors (Lipinski definition) is 1. The third kappa shape index (κ3) is 2.63. The first-order valence-electron chi connectivity index (χ1n) is 5.07. The van der Waals surface area contributed by atoms with Crippen LogP contribution in [-0.4, -0.2) is 5.11 Å². The van der Waals surface area contributed by atoms with Gasteiger partial charge in [0.2, 0.25) is 0 Å². The van der Waals surface area contributed by atoms with Crippen molar-refractivity contribution in [3.8, 4) is 0 Å². The molecule has 0 fully saturated rings. The second kappa shape index (κ2) is 5.47. The van der Waals surface area contributed by atoms with E-state index in [9.17, 15) is 13.9 Å². The van der Waals surface area contributed by atoms with Gasteiger partial charge in [0.25, 0.3) is 0 Å². The molecule has 1 atom stereocenters. The van der Waals surface area contributed by atoms with Crippen LogP contribution in [0.25, 0.3) is 0 Å². The lowest BCUT2D eigenvalue weighted by Crippen LogP contribution is -2.04. The van der Waals surface area contributed by atoms with E-state index in [1.54, 1.807) is 12.1 Å². The van der Waals surface area contributed by atoms with Crippen LogP contribution in [0.2, 0.25) is 0 Å². The minimum absolute atomic E-state index is 0.136. The average Bonchev–Trinajstić information content (AvgIpc) is 2.32. The molecule has 5 heteroatoms. The highest BCUT2D eigenvalue weighted by Crippen LogP contribution is 2.32. The van der Waals surface area contributed by atoms with Crippen molar-refractivity contribution in [3.05, 3.63) is 68.1 Å². The first-order chi connectivity index (χ1) is 8.50. The van der Waals surface area contributed by atoms with Crippen LogP contribution in [0.4, 0.5) is 8.78 Å². The number of benzene rings is 2. The van der Waals surface area contributed by atoms with E-state index in [-0.39, 0.29) is 10.0 Å². The van der Waals surface area contributed by atoms with Crippen LogP contribution in [0.1, 0.15) is 17.2 Å². The largest absolute Gasteiger partial charge is 0.384 e. The monoisotopic (exact) mass is 376 g/mol. The molecule has 2 rings (SSSR count). The highest BCUT2D eigenvalue weighted by molar-refractivity contribution is 9.10. The summed E-state index contributed by atoms with van der Waals surface area (Å²) in [4.78, 5) is 0. The molecule has 0 radical (unpaired) electrons. The molecule has 0 aliphatic heterocycles.